The van der Waals surface area contributed by atoms with Crippen molar-refractivity contribution in [2.45, 2.75) is 37.8 Å². The first-order valence-electron chi connectivity index (χ1n) is 7.09. The van der Waals surface area contributed by atoms with Crippen LogP contribution in [0.2, 0.25) is 0 Å². The lowest BCUT2D eigenvalue weighted by atomic mass is 10.1. The number of ether oxygens (including phenoxy) is 3. The van der Waals surface area contributed by atoms with Gasteiger partial charge in [0, 0.05) is 0 Å². The van der Waals surface area contributed by atoms with Crippen molar-refractivity contribution in [1.29, 1.82) is 0 Å². The minimum atomic E-state index is -0.101. The minimum Gasteiger partial charge on any atom is -0.486 e. The number of fused-ring (bicyclic) bond motifs is 1. The van der Waals surface area contributed by atoms with Gasteiger partial charge in [0.05, 0.1) is 18.8 Å². The third kappa shape index (κ3) is 3.01. The van der Waals surface area contributed by atoms with Crippen molar-refractivity contribution in [2.75, 3.05) is 19.8 Å². The molecule has 104 valence electrons. The Morgan fingerprint density at radius 1 is 1.16 bits per heavy atom. The molecule has 0 amide bonds. The van der Waals surface area contributed by atoms with Crippen LogP contribution in [-0.4, -0.2) is 25.9 Å². The molecule has 1 heterocycles. The quantitative estimate of drug-likeness (QED) is 0.906. The van der Waals surface area contributed by atoms with Gasteiger partial charge in [0.15, 0.2) is 11.5 Å². The van der Waals surface area contributed by atoms with Gasteiger partial charge in [-0.25, -0.2) is 0 Å². The first kappa shape index (κ1) is 12.8. The summed E-state index contributed by atoms with van der Waals surface area (Å²) in [6, 6.07) is 5.79. The molecule has 1 aromatic carbocycles. The highest BCUT2D eigenvalue weighted by molar-refractivity contribution is 5.44. The summed E-state index contributed by atoms with van der Waals surface area (Å²) >= 11 is 0. The second-order valence-corrected chi connectivity index (χ2v) is 5.25. The molecule has 1 atom stereocenters. The number of benzene rings is 1. The maximum atomic E-state index is 6.18. The van der Waals surface area contributed by atoms with E-state index in [0.29, 0.717) is 25.9 Å². The van der Waals surface area contributed by atoms with Crippen LogP contribution in [0, 0.1) is 0 Å². The lowest BCUT2D eigenvalue weighted by Gasteiger charge is -2.21. The van der Waals surface area contributed by atoms with Crippen LogP contribution in [0.1, 0.15) is 37.3 Å². The van der Waals surface area contributed by atoms with E-state index < -0.39 is 0 Å². The predicted molar refractivity (Wildman–Crippen MR) is 72.6 cm³/mol. The predicted octanol–water partition coefficient (Wildman–Crippen LogP) is 2.42. The van der Waals surface area contributed by atoms with Crippen LogP contribution in [0.15, 0.2) is 18.2 Å². The SMILES string of the molecule is NC(COC1CCCC1)c1ccc2c(c1)OCCO2. The lowest BCUT2D eigenvalue weighted by Crippen LogP contribution is -2.21. The maximum absolute atomic E-state index is 6.18. The molecule has 1 aliphatic carbocycles. The van der Waals surface area contributed by atoms with Gasteiger partial charge in [0.2, 0.25) is 0 Å². The van der Waals surface area contributed by atoms with Gasteiger partial charge < -0.3 is 19.9 Å². The zero-order valence-electron chi connectivity index (χ0n) is 11.1. The highest BCUT2D eigenvalue weighted by Gasteiger charge is 2.18. The fourth-order valence-electron chi connectivity index (χ4n) is 2.68. The molecule has 4 heteroatoms. The van der Waals surface area contributed by atoms with Crippen molar-refractivity contribution < 1.29 is 14.2 Å². The molecule has 1 aliphatic heterocycles. The number of hydrogen-bond acceptors (Lipinski definition) is 4. The first-order chi connectivity index (χ1) is 9.33. The summed E-state index contributed by atoms with van der Waals surface area (Å²) in [7, 11) is 0. The third-order valence-corrected chi connectivity index (χ3v) is 3.81. The van der Waals surface area contributed by atoms with E-state index in [-0.39, 0.29) is 6.04 Å². The molecule has 19 heavy (non-hydrogen) atoms. The molecule has 1 unspecified atom stereocenters. The average Bonchev–Trinajstić information content (AvgIpc) is 2.97. The van der Waals surface area contributed by atoms with Gasteiger partial charge in [0.1, 0.15) is 13.2 Å². The summed E-state index contributed by atoms with van der Waals surface area (Å²) in [6.07, 6.45) is 5.32. The van der Waals surface area contributed by atoms with Gasteiger partial charge in [0.25, 0.3) is 0 Å². The zero-order valence-corrected chi connectivity index (χ0v) is 11.1. The maximum Gasteiger partial charge on any atom is 0.161 e. The Bertz CT molecular complexity index is 429. The molecule has 2 N–H and O–H groups in total. The molecule has 2 aliphatic rings. The van der Waals surface area contributed by atoms with Gasteiger partial charge in [-0.3, -0.25) is 0 Å². The van der Waals surface area contributed by atoms with Gasteiger partial charge in [-0.15, -0.1) is 0 Å². The van der Waals surface area contributed by atoms with E-state index in [1.54, 1.807) is 0 Å². The average molecular weight is 263 g/mol. The van der Waals surface area contributed by atoms with E-state index >= 15 is 0 Å². The van der Waals surface area contributed by atoms with Crippen LogP contribution in [0.3, 0.4) is 0 Å². The van der Waals surface area contributed by atoms with Crippen molar-refractivity contribution >= 4 is 0 Å². The molecule has 1 aromatic rings. The number of hydrogen-bond donors (Lipinski definition) is 1. The molecular weight excluding hydrogens is 242 g/mol. The Morgan fingerprint density at radius 3 is 2.68 bits per heavy atom. The van der Waals surface area contributed by atoms with Crippen LogP contribution >= 0.6 is 0 Å². The highest BCUT2D eigenvalue weighted by Crippen LogP contribution is 2.32. The minimum absolute atomic E-state index is 0.101. The summed E-state index contributed by atoms with van der Waals surface area (Å²) in [4.78, 5) is 0. The molecule has 0 spiro atoms. The Labute approximate surface area is 113 Å². The fraction of sp³-hybridized carbons (Fsp3) is 0.600. The first-order valence-corrected chi connectivity index (χ1v) is 7.09. The molecule has 3 rings (SSSR count). The Balaban J connectivity index is 1.60. The second-order valence-electron chi connectivity index (χ2n) is 5.25. The van der Waals surface area contributed by atoms with Gasteiger partial charge >= 0.3 is 0 Å². The van der Waals surface area contributed by atoms with Gasteiger partial charge in [-0.1, -0.05) is 18.9 Å². The zero-order chi connectivity index (χ0) is 13.1. The summed E-state index contributed by atoms with van der Waals surface area (Å²) < 4.78 is 16.9. The van der Waals surface area contributed by atoms with Crippen molar-refractivity contribution in [1.82, 2.24) is 0 Å². The van der Waals surface area contributed by atoms with Crippen LogP contribution in [-0.2, 0) is 4.74 Å². The van der Waals surface area contributed by atoms with E-state index in [2.05, 4.69) is 0 Å². The van der Waals surface area contributed by atoms with Crippen LogP contribution in [0.25, 0.3) is 0 Å². The van der Waals surface area contributed by atoms with Crippen molar-refractivity contribution in [2.24, 2.45) is 5.73 Å². The third-order valence-electron chi connectivity index (χ3n) is 3.81. The van der Waals surface area contributed by atoms with Crippen LogP contribution in [0.5, 0.6) is 11.5 Å². The summed E-state index contributed by atoms with van der Waals surface area (Å²) in [5.41, 5.74) is 7.23. The standard InChI is InChI=1S/C15H21NO3/c16-13(10-19-12-3-1-2-4-12)11-5-6-14-15(9-11)18-8-7-17-14/h5-6,9,12-13H,1-4,7-8,10,16H2. The molecule has 0 radical (unpaired) electrons. The summed E-state index contributed by atoms with van der Waals surface area (Å²) in [5.74, 6) is 1.60. The molecule has 1 fully saturated rings. The largest absolute Gasteiger partial charge is 0.486 e. The molecule has 0 saturated heterocycles. The second kappa shape index (κ2) is 5.80. The van der Waals surface area contributed by atoms with Crippen molar-refractivity contribution in [3.05, 3.63) is 23.8 Å². The van der Waals surface area contributed by atoms with E-state index in [1.807, 2.05) is 18.2 Å². The molecule has 4 nitrogen and oxygen atoms in total. The molecule has 1 saturated carbocycles. The Morgan fingerprint density at radius 2 is 1.89 bits per heavy atom. The summed E-state index contributed by atoms with van der Waals surface area (Å²) in [6.45, 7) is 1.79. The number of rotatable bonds is 4. The normalized spacial score (nSPS) is 20.5. The lowest BCUT2D eigenvalue weighted by molar-refractivity contribution is 0.0488. The number of nitrogens with two attached hydrogens (primary N) is 1. The Kier molecular flexibility index (Phi) is 3.89. The van der Waals surface area contributed by atoms with E-state index in [0.717, 1.165) is 17.1 Å². The highest BCUT2D eigenvalue weighted by atomic mass is 16.6. The van der Waals surface area contributed by atoms with Crippen molar-refractivity contribution in [3.63, 3.8) is 0 Å². The smallest absolute Gasteiger partial charge is 0.161 e. The molecule has 0 bridgehead atoms. The van der Waals surface area contributed by atoms with E-state index in [4.69, 9.17) is 19.9 Å². The topological polar surface area (TPSA) is 53.7 Å². The van der Waals surface area contributed by atoms with Crippen LogP contribution in [0.4, 0.5) is 0 Å². The van der Waals surface area contributed by atoms with E-state index in [1.165, 1.54) is 25.7 Å². The Hall–Kier alpha value is -1.26. The van der Waals surface area contributed by atoms with Crippen molar-refractivity contribution in [3.8, 4) is 11.5 Å². The van der Waals surface area contributed by atoms with Crippen LogP contribution < -0.4 is 15.2 Å². The van der Waals surface area contributed by atoms with Gasteiger partial charge in [-0.05, 0) is 30.5 Å². The summed E-state index contributed by atoms with van der Waals surface area (Å²) in [5, 5.41) is 0. The van der Waals surface area contributed by atoms with E-state index in [9.17, 15) is 0 Å². The fourth-order valence-corrected chi connectivity index (χ4v) is 2.68. The molecular formula is C15H21NO3. The van der Waals surface area contributed by atoms with Gasteiger partial charge in [-0.2, -0.15) is 0 Å². The monoisotopic (exact) mass is 263 g/mol. The molecule has 0 aromatic heterocycles.